The van der Waals surface area contributed by atoms with Gasteiger partial charge in [-0.1, -0.05) is 11.6 Å². The molecule has 3 N–H and O–H groups in total. The van der Waals surface area contributed by atoms with Gasteiger partial charge in [-0.2, -0.15) is 0 Å². The van der Waals surface area contributed by atoms with Crippen molar-refractivity contribution in [1.29, 1.82) is 0 Å². The summed E-state index contributed by atoms with van der Waals surface area (Å²) in [5, 5.41) is 1.09. The Morgan fingerprint density at radius 1 is 1.36 bits per heavy atom. The van der Waals surface area contributed by atoms with Crippen LogP contribution in [-0.2, 0) is 11.3 Å². The molecule has 1 aliphatic rings. The van der Waals surface area contributed by atoms with Crippen LogP contribution in [0.25, 0.3) is 10.9 Å². The normalized spacial score (nSPS) is 19.7. The molecule has 3 rings (SSSR count). The van der Waals surface area contributed by atoms with Gasteiger partial charge >= 0.3 is 0 Å². The number of fused-ring (bicyclic) bond motifs is 1. The topological polar surface area (TPSA) is 71.3 Å². The zero-order chi connectivity index (χ0) is 15.7. The van der Waals surface area contributed by atoms with E-state index in [9.17, 15) is 4.79 Å². The van der Waals surface area contributed by atoms with E-state index >= 15 is 0 Å². The first-order chi connectivity index (χ1) is 10.6. The predicted octanol–water partition coefficient (Wildman–Crippen LogP) is 1.30. The number of ether oxygens (including phenoxy) is 1. The third-order valence-electron chi connectivity index (χ3n) is 4.25. The van der Waals surface area contributed by atoms with E-state index in [-0.39, 0.29) is 11.7 Å². The van der Waals surface area contributed by atoms with Gasteiger partial charge in [-0.15, -0.1) is 0 Å². The summed E-state index contributed by atoms with van der Waals surface area (Å²) in [6.45, 7) is 7.54. The molecule has 1 aromatic heterocycles. The second kappa shape index (κ2) is 6.20. The molecule has 0 saturated carbocycles. The molecule has 0 spiro atoms. The largest absolute Gasteiger partial charge is 0.374 e. The molecule has 1 saturated heterocycles. The summed E-state index contributed by atoms with van der Waals surface area (Å²) in [5.41, 5.74) is 9.72. The SMILES string of the molecule is Cc1cc(C)c2[nH]c(=O)c(CN3CCOC(CN)C3)cc2c1. The number of nitrogens with zero attached hydrogens (tertiary/aromatic N) is 1. The van der Waals surface area contributed by atoms with Crippen LogP contribution in [-0.4, -0.2) is 42.2 Å². The smallest absolute Gasteiger partial charge is 0.252 e. The van der Waals surface area contributed by atoms with Crippen LogP contribution in [0.15, 0.2) is 23.0 Å². The Bertz CT molecular complexity index is 738. The number of aromatic nitrogens is 1. The maximum atomic E-state index is 12.4. The summed E-state index contributed by atoms with van der Waals surface area (Å²) in [5.74, 6) is 0. The Labute approximate surface area is 130 Å². The Morgan fingerprint density at radius 3 is 2.95 bits per heavy atom. The van der Waals surface area contributed by atoms with E-state index < -0.39 is 0 Å². The number of pyridine rings is 1. The van der Waals surface area contributed by atoms with E-state index in [1.807, 2.05) is 13.0 Å². The zero-order valence-electron chi connectivity index (χ0n) is 13.2. The highest BCUT2D eigenvalue weighted by Crippen LogP contribution is 2.19. The minimum atomic E-state index is -0.00440. The second-order valence-electron chi connectivity index (χ2n) is 6.13. The molecule has 5 nitrogen and oxygen atoms in total. The highest BCUT2D eigenvalue weighted by molar-refractivity contribution is 5.82. The number of hydrogen-bond acceptors (Lipinski definition) is 4. The van der Waals surface area contributed by atoms with Crippen molar-refractivity contribution in [1.82, 2.24) is 9.88 Å². The number of nitrogens with one attached hydrogen (secondary N) is 1. The molecule has 0 radical (unpaired) electrons. The predicted molar refractivity (Wildman–Crippen MR) is 88.1 cm³/mol. The summed E-state index contributed by atoms with van der Waals surface area (Å²) < 4.78 is 5.57. The molecule has 0 aliphatic carbocycles. The van der Waals surface area contributed by atoms with E-state index in [0.717, 1.165) is 35.1 Å². The Balaban J connectivity index is 1.90. The zero-order valence-corrected chi connectivity index (χ0v) is 13.2. The molecule has 1 unspecified atom stereocenters. The van der Waals surface area contributed by atoms with Crippen LogP contribution in [0.1, 0.15) is 16.7 Å². The molecule has 5 heteroatoms. The first kappa shape index (κ1) is 15.2. The van der Waals surface area contributed by atoms with Crippen LogP contribution in [0.5, 0.6) is 0 Å². The van der Waals surface area contributed by atoms with Crippen molar-refractivity contribution in [2.24, 2.45) is 5.73 Å². The highest BCUT2D eigenvalue weighted by atomic mass is 16.5. The van der Waals surface area contributed by atoms with Crippen LogP contribution in [0, 0.1) is 13.8 Å². The molecule has 0 amide bonds. The first-order valence-corrected chi connectivity index (χ1v) is 7.74. The molecule has 2 aromatic rings. The van der Waals surface area contributed by atoms with Crippen LogP contribution < -0.4 is 11.3 Å². The fourth-order valence-corrected chi connectivity index (χ4v) is 3.16. The molecular formula is C17H23N3O2. The average molecular weight is 301 g/mol. The molecule has 118 valence electrons. The number of benzene rings is 1. The number of aromatic amines is 1. The van der Waals surface area contributed by atoms with Crippen LogP contribution in [0.4, 0.5) is 0 Å². The van der Waals surface area contributed by atoms with Gasteiger partial charge in [-0.05, 0) is 36.9 Å². The average Bonchev–Trinajstić information content (AvgIpc) is 2.49. The minimum absolute atomic E-state index is 0.00440. The van der Waals surface area contributed by atoms with Gasteiger partial charge in [0, 0.05) is 31.7 Å². The lowest BCUT2D eigenvalue weighted by Gasteiger charge is -2.32. The van der Waals surface area contributed by atoms with E-state index in [1.165, 1.54) is 5.56 Å². The quantitative estimate of drug-likeness (QED) is 0.896. The summed E-state index contributed by atoms with van der Waals surface area (Å²) >= 11 is 0. The van der Waals surface area contributed by atoms with Crippen molar-refractivity contribution in [3.8, 4) is 0 Å². The summed E-state index contributed by atoms with van der Waals surface area (Å²) in [6, 6.07) is 6.22. The van der Waals surface area contributed by atoms with E-state index in [2.05, 4.69) is 28.9 Å². The molecule has 2 heterocycles. The van der Waals surface area contributed by atoms with Crippen molar-refractivity contribution >= 4 is 10.9 Å². The summed E-state index contributed by atoms with van der Waals surface area (Å²) in [4.78, 5) is 17.6. The third kappa shape index (κ3) is 3.06. The fraction of sp³-hybridized carbons (Fsp3) is 0.471. The van der Waals surface area contributed by atoms with Crippen molar-refractivity contribution < 1.29 is 4.74 Å². The first-order valence-electron chi connectivity index (χ1n) is 7.74. The van der Waals surface area contributed by atoms with Gasteiger partial charge in [0.15, 0.2) is 0 Å². The maximum absolute atomic E-state index is 12.4. The third-order valence-corrected chi connectivity index (χ3v) is 4.25. The highest BCUT2D eigenvalue weighted by Gasteiger charge is 2.20. The van der Waals surface area contributed by atoms with Crippen molar-refractivity contribution in [2.45, 2.75) is 26.5 Å². The van der Waals surface area contributed by atoms with Gasteiger partial charge < -0.3 is 15.5 Å². The molecule has 22 heavy (non-hydrogen) atoms. The Hall–Kier alpha value is -1.69. The number of aryl methyl sites for hydroxylation is 2. The van der Waals surface area contributed by atoms with Gasteiger partial charge in [0.05, 0.1) is 18.2 Å². The number of rotatable bonds is 3. The Morgan fingerprint density at radius 2 is 2.18 bits per heavy atom. The van der Waals surface area contributed by atoms with Gasteiger partial charge in [0.2, 0.25) is 0 Å². The van der Waals surface area contributed by atoms with E-state index in [4.69, 9.17) is 10.5 Å². The summed E-state index contributed by atoms with van der Waals surface area (Å²) in [6.07, 6.45) is 0.0674. The van der Waals surface area contributed by atoms with Crippen LogP contribution >= 0.6 is 0 Å². The van der Waals surface area contributed by atoms with Gasteiger partial charge in [0.1, 0.15) is 0 Å². The standard InChI is InChI=1S/C17H23N3O2/c1-11-5-12(2)16-13(6-11)7-14(17(21)19-16)9-20-3-4-22-15(8-18)10-20/h5-7,15H,3-4,8-10,18H2,1-2H3,(H,19,21). The van der Waals surface area contributed by atoms with Crippen molar-refractivity contribution in [3.05, 3.63) is 45.2 Å². The molecule has 1 fully saturated rings. The number of H-pyrrole nitrogens is 1. The number of nitrogens with two attached hydrogens (primary N) is 1. The molecule has 0 bridgehead atoms. The Kier molecular flexibility index (Phi) is 4.29. The monoisotopic (exact) mass is 301 g/mol. The maximum Gasteiger partial charge on any atom is 0.252 e. The summed E-state index contributed by atoms with van der Waals surface area (Å²) in [7, 11) is 0. The lowest BCUT2D eigenvalue weighted by Crippen LogP contribution is -2.45. The minimum Gasteiger partial charge on any atom is -0.374 e. The lowest BCUT2D eigenvalue weighted by atomic mass is 10.0. The fourth-order valence-electron chi connectivity index (χ4n) is 3.16. The molecule has 1 aliphatic heterocycles. The van der Waals surface area contributed by atoms with Crippen LogP contribution in [0.3, 0.4) is 0 Å². The van der Waals surface area contributed by atoms with Gasteiger partial charge in [-0.3, -0.25) is 9.69 Å². The molecule has 1 atom stereocenters. The van der Waals surface area contributed by atoms with Crippen molar-refractivity contribution in [3.63, 3.8) is 0 Å². The van der Waals surface area contributed by atoms with Gasteiger partial charge in [-0.25, -0.2) is 0 Å². The van der Waals surface area contributed by atoms with Gasteiger partial charge in [0.25, 0.3) is 5.56 Å². The second-order valence-corrected chi connectivity index (χ2v) is 6.13. The number of hydrogen-bond donors (Lipinski definition) is 2. The molecule has 1 aromatic carbocycles. The van der Waals surface area contributed by atoms with E-state index in [0.29, 0.717) is 19.7 Å². The van der Waals surface area contributed by atoms with Crippen LogP contribution in [0.2, 0.25) is 0 Å². The molecular weight excluding hydrogens is 278 g/mol. The number of morpholine rings is 1. The van der Waals surface area contributed by atoms with E-state index in [1.54, 1.807) is 0 Å². The lowest BCUT2D eigenvalue weighted by molar-refractivity contribution is -0.0261. The van der Waals surface area contributed by atoms with Crippen molar-refractivity contribution in [2.75, 3.05) is 26.2 Å².